The SMILES string of the molecule is COc1ccc(S(C)(=O)=O)cc1-c1cn[nH]c1N. The minimum Gasteiger partial charge on any atom is -0.496 e. The molecule has 1 aromatic heterocycles. The molecule has 3 N–H and O–H groups in total. The Kier molecular flexibility index (Phi) is 3.00. The van der Waals surface area contributed by atoms with Gasteiger partial charge in [-0.25, -0.2) is 8.42 Å². The lowest BCUT2D eigenvalue weighted by atomic mass is 10.1. The number of nitrogens with zero attached hydrogens (tertiary/aromatic N) is 1. The Bertz CT molecular complexity index is 677. The molecule has 96 valence electrons. The molecule has 0 atom stereocenters. The van der Waals surface area contributed by atoms with Crippen molar-refractivity contribution in [2.75, 3.05) is 19.1 Å². The maximum atomic E-state index is 11.5. The van der Waals surface area contributed by atoms with E-state index in [1.54, 1.807) is 6.07 Å². The molecule has 0 saturated carbocycles. The van der Waals surface area contributed by atoms with Gasteiger partial charge >= 0.3 is 0 Å². The first kappa shape index (κ1) is 12.4. The van der Waals surface area contributed by atoms with Gasteiger partial charge in [-0.05, 0) is 18.2 Å². The van der Waals surface area contributed by atoms with Crippen molar-refractivity contribution in [3.8, 4) is 16.9 Å². The Labute approximate surface area is 105 Å². The van der Waals surface area contributed by atoms with Gasteiger partial charge in [0.2, 0.25) is 0 Å². The number of hydrogen-bond acceptors (Lipinski definition) is 5. The fourth-order valence-electron chi connectivity index (χ4n) is 1.64. The highest BCUT2D eigenvalue weighted by atomic mass is 32.2. The van der Waals surface area contributed by atoms with Gasteiger partial charge < -0.3 is 10.5 Å². The number of benzene rings is 1. The maximum absolute atomic E-state index is 11.5. The van der Waals surface area contributed by atoms with Gasteiger partial charge in [0.05, 0.1) is 18.2 Å². The Hall–Kier alpha value is -2.02. The molecule has 0 unspecified atom stereocenters. The van der Waals surface area contributed by atoms with Gasteiger partial charge in [-0.1, -0.05) is 0 Å². The van der Waals surface area contributed by atoms with E-state index in [0.717, 1.165) is 6.26 Å². The predicted molar refractivity (Wildman–Crippen MR) is 68.1 cm³/mol. The minimum absolute atomic E-state index is 0.207. The van der Waals surface area contributed by atoms with Crippen molar-refractivity contribution in [3.05, 3.63) is 24.4 Å². The van der Waals surface area contributed by atoms with Gasteiger partial charge in [0, 0.05) is 17.4 Å². The first-order valence-corrected chi connectivity index (χ1v) is 7.00. The van der Waals surface area contributed by atoms with E-state index in [0.29, 0.717) is 22.7 Å². The Morgan fingerprint density at radius 3 is 2.56 bits per heavy atom. The maximum Gasteiger partial charge on any atom is 0.175 e. The van der Waals surface area contributed by atoms with Gasteiger partial charge in [0.15, 0.2) is 9.84 Å². The van der Waals surface area contributed by atoms with Crippen LogP contribution < -0.4 is 10.5 Å². The number of rotatable bonds is 3. The van der Waals surface area contributed by atoms with E-state index in [1.807, 2.05) is 0 Å². The lowest BCUT2D eigenvalue weighted by Gasteiger charge is -2.09. The third-order valence-electron chi connectivity index (χ3n) is 2.56. The number of nitrogens with one attached hydrogen (secondary N) is 1. The second kappa shape index (κ2) is 4.34. The van der Waals surface area contributed by atoms with E-state index in [2.05, 4.69) is 10.2 Å². The van der Waals surface area contributed by atoms with Crippen LogP contribution in [0.3, 0.4) is 0 Å². The van der Waals surface area contributed by atoms with Crippen molar-refractivity contribution in [2.45, 2.75) is 4.90 Å². The molecule has 0 spiro atoms. The molecule has 0 amide bonds. The fraction of sp³-hybridized carbons (Fsp3) is 0.182. The summed E-state index contributed by atoms with van der Waals surface area (Å²) in [6.07, 6.45) is 2.68. The van der Waals surface area contributed by atoms with Crippen LogP contribution in [0.2, 0.25) is 0 Å². The summed E-state index contributed by atoms with van der Waals surface area (Å²) >= 11 is 0. The van der Waals surface area contributed by atoms with Crippen LogP contribution in [0.1, 0.15) is 0 Å². The average Bonchev–Trinajstić information content (AvgIpc) is 2.73. The molecule has 0 saturated heterocycles. The van der Waals surface area contributed by atoms with Crippen LogP contribution in [-0.4, -0.2) is 32.0 Å². The summed E-state index contributed by atoms with van der Waals surface area (Å²) in [5.74, 6) is 0.898. The molecule has 0 aliphatic heterocycles. The largest absolute Gasteiger partial charge is 0.496 e. The summed E-state index contributed by atoms with van der Waals surface area (Å²) in [6, 6.07) is 4.61. The van der Waals surface area contributed by atoms with E-state index in [-0.39, 0.29) is 4.90 Å². The minimum atomic E-state index is -3.28. The summed E-state index contributed by atoms with van der Waals surface area (Å²) in [5, 5.41) is 6.41. The van der Waals surface area contributed by atoms with Crippen molar-refractivity contribution < 1.29 is 13.2 Å². The molecule has 0 fully saturated rings. The van der Waals surface area contributed by atoms with Crippen molar-refractivity contribution in [1.82, 2.24) is 10.2 Å². The summed E-state index contributed by atoms with van der Waals surface area (Å²) in [7, 11) is -1.77. The van der Waals surface area contributed by atoms with Gasteiger partial charge in [-0.15, -0.1) is 0 Å². The molecule has 18 heavy (non-hydrogen) atoms. The van der Waals surface area contributed by atoms with Crippen molar-refractivity contribution in [1.29, 1.82) is 0 Å². The normalized spacial score (nSPS) is 11.4. The highest BCUT2D eigenvalue weighted by Crippen LogP contribution is 2.34. The zero-order valence-corrected chi connectivity index (χ0v) is 10.8. The molecule has 1 aromatic carbocycles. The molecule has 6 nitrogen and oxygen atoms in total. The second-order valence-electron chi connectivity index (χ2n) is 3.83. The average molecular weight is 267 g/mol. The Balaban J connectivity index is 2.68. The molecule has 2 rings (SSSR count). The number of nitrogen functional groups attached to an aromatic ring is 1. The van der Waals surface area contributed by atoms with Crippen LogP contribution >= 0.6 is 0 Å². The topological polar surface area (TPSA) is 98.1 Å². The highest BCUT2D eigenvalue weighted by molar-refractivity contribution is 7.90. The lowest BCUT2D eigenvalue weighted by molar-refractivity contribution is 0.416. The number of sulfone groups is 1. The number of H-pyrrole nitrogens is 1. The number of methoxy groups -OCH3 is 1. The van der Waals surface area contributed by atoms with Gasteiger partial charge in [0.25, 0.3) is 0 Å². The van der Waals surface area contributed by atoms with Crippen LogP contribution in [0.4, 0.5) is 5.82 Å². The molecule has 7 heteroatoms. The molecule has 1 heterocycles. The third kappa shape index (κ3) is 2.17. The van der Waals surface area contributed by atoms with E-state index in [9.17, 15) is 8.42 Å². The first-order chi connectivity index (χ1) is 8.43. The second-order valence-corrected chi connectivity index (χ2v) is 5.85. The molecular formula is C11H13N3O3S. The molecule has 0 bridgehead atoms. The van der Waals surface area contributed by atoms with Crippen molar-refractivity contribution >= 4 is 15.7 Å². The summed E-state index contributed by atoms with van der Waals surface area (Å²) < 4.78 is 28.3. The van der Waals surface area contributed by atoms with Crippen LogP contribution in [0.25, 0.3) is 11.1 Å². The number of aromatic amines is 1. The van der Waals surface area contributed by atoms with Crippen LogP contribution in [-0.2, 0) is 9.84 Å². The van der Waals surface area contributed by atoms with Crippen LogP contribution in [0.15, 0.2) is 29.3 Å². The smallest absolute Gasteiger partial charge is 0.175 e. The molecule has 0 aliphatic carbocycles. The Morgan fingerprint density at radius 2 is 2.06 bits per heavy atom. The summed E-state index contributed by atoms with van der Waals surface area (Å²) in [6.45, 7) is 0. The van der Waals surface area contributed by atoms with Gasteiger partial charge in [0.1, 0.15) is 11.6 Å². The van der Waals surface area contributed by atoms with Crippen LogP contribution in [0.5, 0.6) is 5.75 Å². The van der Waals surface area contributed by atoms with Crippen LogP contribution in [0, 0.1) is 0 Å². The molecule has 0 radical (unpaired) electrons. The Morgan fingerprint density at radius 1 is 1.33 bits per heavy atom. The van der Waals surface area contributed by atoms with E-state index in [4.69, 9.17) is 10.5 Å². The monoisotopic (exact) mass is 267 g/mol. The zero-order valence-electron chi connectivity index (χ0n) is 9.97. The number of ether oxygens (including phenoxy) is 1. The lowest BCUT2D eigenvalue weighted by Crippen LogP contribution is -1.99. The van der Waals surface area contributed by atoms with E-state index in [1.165, 1.54) is 25.4 Å². The first-order valence-electron chi connectivity index (χ1n) is 5.11. The van der Waals surface area contributed by atoms with E-state index < -0.39 is 9.84 Å². The number of anilines is 1. The number of hydrogen-bond donors (Lipinski definition) is 2. The zero-order chi connectivity index (χ0) is 13.3. The van der Waals surface area contributed by atoms with Crippen molar-refractivity contribution in [3.63, 3.8) is 0 Å². The van der Waals surface area contributed by atoms with E-state index >= 15 is 0 Å². The molecular weight excluding hydrogens is 254 g/mol. The number of nitrogens with two attached hydrogens (primary N) is 1. The number of aromatic nitrogens is 2. The van der Waals surface area contributed by atoms with Gasteiger partial charge in [-0.3, -0.25) is 5.10 Å². The quantitative estimate of drug-likeness (QED) is 0.866. The summed E-state index contributed by atoms with van der Waals surface area (Å²) in [5.41, 5.74) is 6.93. The van der Waals surface area contributed by atoms with Crippen molar-refractivity contribution in [2.24, 2.45) is 0 Å². The fourth-order valence-corrected chi connectivity index (χ4v) is 2.29. The predicted octanol–water partition coefficient (Wildman–Crippen LogP) is 1.07. The summed E-state index contributed by atoms with van der Waals surface area (Å²) in [4.78, 5) is 0.207. The standard InChI is InChI=1S/C11H13N3O3S/c1-17-10-4-3-7(18(2,15)16)5-8(10)9-6-13-14-11(9)12/h3-6H,1-2H3,(H3,12,13,14). The molecule has 2 aromatic rings. The third-order valence-corrected chi connectivity index (χ3v) is 3.67. The molecule has 0 aliphatic rings. The highest BCUT2D eigenvalue weighted by Gasteiger charge is 2.15. The van der Waals surface area contributed by atoms with Gasteiger partial charge in [-0.2, -0.15) is 5.10 Å².